The van der Waals surface area contributed by atoms with Crippen molar-refractivity contribution < 1.29 is 4.79 Å². The highest BCUT2D eigenvalue weighted by Crippen LogP contribution is 2.40. The van der Waals surface area contributed by atoms with E-state index >= 15 is 0 Å². The molecule has 172 valence electrons. The quantitative estimate of drug-likeness (QED) is 0.404. The van der Waals surface area contributed by atoms with Crippen LogP contribution in [-0.2, 0) is 11.8 Å². The number of pyridine rings is 2. The van der Waals surface area contributed by atoms with Gasteiger partial charge in [0.25, 0.3) is 0 Å². The first-order chi connectivity index (χ1) is 17.0. The van der Waals surface area contributed by atoms with Gasteiger partial charge < -0.3 is 0 Å². The summed E-state index contributed by atoms with van der Waals surface area (Å²) in [5.41, 5.74) is 6.71. The first-order valence-electron chi connectivity index (χ1n) is 11.2. The highest BCUT2D eigenvalue weighted by atomic mass is 16.2. The smallest absolute Gasteiger partial charge is 0.233 e. The number of aromatic nitrogens is 6. The highest BCUT2D eigenvalue weighted by molar-refractivity contribution is 6.18. The molecule has 1 amide bonds. The summed E-state index contributed by atoms with van der Waals surface area (Å²) in [5.74, 6) is 1.51. The lowest BCUT2D eigenvalue weighted by Crippen LogP contribution is -2.28. The Morgan fingerprint density at radius 1 is 0.886 bits per heavy atom. The number of amides is 1. The van der Waals surface area contributed by atoms with E-state index in [2.05, 4.69) is 24.6 Å². The van der Waals surface area contributed by atoms with E-state index in [-0.39, 0.29) is 12.3 Å². The average molecular weight is 463 g/mol. The first-order valence-corrected chi connectivity index (χ1v) is 11.2. The summed E-state index contributed by atoms with van der Waals surface area (Å²) < 4.78 is 3.80. The second-order valence-corrected chi connectivity index (χ2v) is 8.47. The Kier molecular flexibility index (Phi) is 4.77. The van der Waals surface area contributed by atoms with Crippen LogP contribution in [0.5, 0.6) is 0 Å². The molecule has 9 heteroatoms. The number of carbonyl (C=O) groups excluding carboxylic acids is 1. The number of imidazole rings is 1. The third-order valence-corrected chi connectivity index (χ3v) is 6.29. The molecular formula is C26H22N8O. The molecule has 0 radical (unpaired) electrons. The molecule has 1 aliphatic rings. The fourth-order valence-electron chi connectivity index (χ4n) is 4.59. The van der Waals surface area contributed by atoms with Crippen molar-refractivity contribution >= 4 is 34.2 Å². The van der Waals surface area contributed by atoms with Gasteiger partial charge in [-0.15, -0.1) is 0 Å². The standard InChI is InChI=1S/C26H22N8O/c1-16-29-21-15-28-13-10-22(21)34(16)19-6-4-17(5-7-19)20-14-23(35)32(2)26-25(30-20)24(31-33(26)3)18-8-11-27-12-9-18/h4-13,15H,14H2,1-3H3. The van der Waals surface area contributed by atoms with E-state index in [1.54, 1.807) is 41.4 Å². The molecule has 0 saturated heterocycles. The van der Waals surface area contributed by atoms with Crippen molar-refractivity contribution in [3.63, 3.8) is 0 Å². The van der Waals surface area contributed by atoms with Crippen molar-refractivity contribution in [3.05, 3.63) is 78.6 Å². The summed E-state index contributed by atoms with van der Waals surface area (Å²) >= 11 is 0. The molecule has 0 fully saturated rings. The summed E-state index contributed by atoms with van der Waals surface area (Å²) in [6.45, 7) is 1.97. The lowest BCUT2D eigenvalue weighted by atomic mass is 10.1. The molecule has 0 spiro atoms. The molecule has 1 aliphatic heterocycles. The van der Waals surface area contributed by atoms with E-state index in [0.717, 1.165) is 39.4 Å². The second kappa shape index (κ2) is 7.98. The minimum absolute atomic E-state index is 0.0418. The van der Waals surface area contributed by atoms with Gasteiger partial charge >= 0.3 is 0 Å². The zero-order chi connectivity index (χ0) is 24.1. The van der Waals surface area contributed by atoms with Crippen molar-refractivity contribution in [2.24, 2.45) is 12.0 Å². The second-order valence-electron chi connectivity index (χ2n) is 8.47. The molecular weight excluding hydrogens is 440 g/mol. The monoisotopic (exact) mass is 462 g/mol. The van der Waals surface area contributed by atoms with Crippen LogP contribution in [0.3, 0.4) is 0 Å². The molecule has 9 nitrogen and oxygen atoms in total. The molecule has 0 aliphatic carbocycles. The molecule has 0 saturated carbocycles. The van der Waals surface area contributed by atoms with Gasteiger partial charge in [0.05, 0.1) is 23.8 Å². The van der Waals surface area contributed by atoms with Crippen LogP contribution in [0.2, 0.25) is 0 Å². The fourth-order valence-corrected chi connectivity index (χ4v) is 4.59. The molecule has 35 heavy (non-hydrogen) atoms. The molecule has 5 aromatic rings. The maximum absolute atomic E-state index is 13.1. The first kappa shape index (κ1) is 20.9. The molecule has 0 atom stereocenters. The molecule has 1 aromatic carbocycles. The maximum Gasteiger partial charge on any atom is 0.233 e. The van der Waals surface area contributed by atoms with E-state index < -0.39 is 0 Å². The van der Waals surface area contributed by atoms with Gasteiger partial charge in [-0.25, -0.2) is 14.7 Å². The number of fused-ring (bicyclic) bond motifs is 2. The Morgan fingerprint density at radius 3 is 2.40 bits per heavy atom. The maximum atomic E-state index is 13.1. The Bertz CT molecular complexity index is 1610. The molecule has 0 unspecified atom stereocenters. The summed E-state index contributed by atoms with van der Waals surface area (Å²) in [7, 11) is 3.60. The number of hydrogen-bond donors (Lipinski definition) is 0. The number of anilines is 1. The number of aryl methyl sites for hydroxylation is 2. The van der Waals surface area contributed by atoms with Crippen LogP contribution in [0, 0.1) is 6.92 Å². The van der Waals surface area contributed by atoms with Gasteiger partial charge in [0, 0.05) is 43.9 Å². The summed E-state index contributed by atoms with van der Waals surface area (Å²) in [6, 6.07) is 13.8. The van der Waals surface area contributed by atoms with E-state index in [1.807, 2.05) is 56.4 Å². The number of benzene rings is 1. The van der Waals surface area contributed by atoms with Crippen LogP contribution < -0.4 is 4.90 Å². The predicted octanol–water partition coefficient (Wildman–Crippen LogP) is 4.01. The van der Waals surface area contributed by atoms with Crippen LogP contribution in [0.15, 0.2) is 72.2 Å². The SMILES string of the molecule is Cc1nc2cnccc2n1-c1ccc(C2=Nc3c(-c4ccncc4)nn(C)c3N(C)C(=O)C2)cc1. The van der Waals surface area contributed by atoms with E-state index in [4.69, 9.17) is 4.99 Å². The summed E-state index contributed by atoms with van der Waals surface area (Å²) in [6.07, 6.45) is 7.18. The van der Waals surface area contributed by atoms with Gasteiger partial charge in [-0.1, -0.05) is 12.1 Å². The van der Waals surface area contributed by atoms with Gasteiger partial charge in [-0.3, -0.25) is 24.2 Å². The van der Waals surface area contributed by atoms with Crippen LogP contribution in [0.1, 0.15) is 17.8 Å². The minimum atomic E-state index is -0.0418. The van der Waals surface area contributed by atoms with Crippen molar-refractivity contribution in [2.45, 2.75) is 13.3 Å². The van der Waals surface area contributed by atoms with Crippen molar-refractivity contribution in [2.75, 3.05) is 11.9 Å². The molecule has 5 heterocycles. The minimum Gasteiger partial charge on any atom is -0.298 e. The van der Waals surface area contributed by atoms with Crippen molar-refractivity contribution in [3.8, 4) is 16.9 Å². The van der Waals surface area contributed by atoms with Crippen molar-refractivity contribution in [1.29, 1.82) is 0 Å². The Labute approximate surface area is 201 Å². The average Bonchev–Trinajstić information content (AvgIpc) is 3.34. The van der Waals surface area contributed by atoms with Gasteiger partial charge in [-0.2, -0.15) is 5.10 Å². The zero-order valence-electron chi connectivity index (χ0n) is 19.5. The fraction of sp³-hybridized carbons (Fsp3) is 0.154. The Morgan fingerprint density at radius 2 is 1.63 bits per heavy atom. The largest absolute Gasteiger partial charge is 0.298 e. The third-order valence-electron chi connectivity index (χ3n) is 6.29. The van der Waals surface area contributed by atoms with Gasteiger partial charge in [0.1, 0.15) is 22.7 Å². The van der Waals surface area contributed by atoms with Gasteiger partial charge in [0.2, 0.25) is 5.91 Å². The topological polar surface area (TPSA) is 94.1 Å². The normalized spacial score (nSPS) is 13.6. The Balaban J connectivity index is 1.46. The molecule has 6 rings (SSSR count). The van der Waals surface area contributed by atoms with Crippen LogP contribution in [0.4, 0.5) is 11.5 Å². The molecule has 0 N–H and O–H groups in total. The third kappa shape index (κ3) is 3.40. The number of aliphatic imine (C=N–C) groups is 1. The predicted molar refractivity (Wildman–Crippen MR) is 134 cm³/mol. The van der Waals surface area contributed by atoms with Crippen LogP contribution in [-0.4, -0.2) is 48.0 Å². The number of hydrogen-bond acceptors (Lipinski definition) is 6. The number of nitrogens with zero attached hydrogens (tertiary/aromatic N) is 8. The summed E-state index contributed by atoms with van der Waals surface area (Å²) in [4.78, 5) is 32.6. The van der Waals surface area contributed by atoms with Crippen molar-refractivity contribution in [1.82, 2.24) is 29.3 Å². The lowest BCUT2D eigenvalue weighted by molar-refractivity contribution is -0.117. The lowest BCUT2D eigenvalue weighted by Gasteiger charge is -2.15. The van der Waals surface area contributed by atoms with Crippen LogP contribution in [0.25, 0.3) is 28.0 Å². The van der Waals surface area contributed by atoms with E-state index in [0.29, 0.717) is 17.2 Å². The van der Waals surface area contributed by atoms with E-state index in [1.165, 1.54) is 0 Å². The molecule has 4 aromatic heterocycles. The molecule has 0 bridgehead atoms. The summed E-state index contributed by atoms with van der Waals surface area (Å²) in [5, 5.41) is 4.68. The highest BCUT2D eigenvalue weighted by Gasteiger charge is 2.28. The van der Waals surface area contributed by atoms with Gasteiger partial charge in [0.15, 0.2) is 5.82 Å². The Hall–Kier alpha value is -4.66. The van der Waals surface area contributed by atoms with Gasteiger partial charge in [-0.05, 0) is 42.8 Å². The van der Waals surface area contributed by atoms with E-state index in [9.17, 15) is 4.79 Å². The number of rotatable bonds is 3. The van der Waals surface area contributed by atoms with Crippen LogP contribution >= 0.6 is 0 Å². The zero-order valence-corrected chi connectivity index (χ0v) is 19.5. The number of carbonyl (C=O) groups is 1.